The first kappa shape index (κ1) is 39.5. The van der Waals surface area contributed by atoms with Crippen LogP contribution in [0.5, 0.6) is 0 Å². The quantitative estimate of drug-likeness (QED) is 0.129. The SMILES string of the molecule is C=C/C=C\C=C\c1cc(-c2ccccc2)cc(-n2c3ccccc3c3ccc(-c4nnc(-c5ccc6c(c5)c5ccccc5n6-c5cc(-c6ccccc6)cc(-c6ccccc6)c5)o4)cc32)c1. The monoisotopic (exact) mass is 858 g/mol. The van der Waals surface area contributed by atoms with Crippen molar-refractivity contribution in [2.45, 2.75) is 0 Å². The van der Waals surface area contributed by atoms with Crippen molar-refractivity contribution in [1.29, 1.82) is 0 Å². The number of aromatic nitrogens is 4. The number of hydrogen-bond donors (Lipinski definition) is 0. The summed E-state index contributed by atoms with van der Waals surface area (Å²) in [6.07, 6.45) is 9.90. The van der Waals surface area contributed by atoms with Gasteiger partial charge in [0.2, 0.25) is 11.8 Å². The Balaban J connectivity index is 0.962. The summed E-state index contributed by atoms with van der Waals surface area (Å²) < 4.78 is 11.3. The number of rotatable bonds is 10. The van der Waals surface area contributed by atoms with Crippen LogP contribution in [0.4, 0.5) is 0 Å². The largest absolute Gasteiger partial charge is 0.416 e. The van der Waals surface area contributed by atoms with Crippen LogP contribution in [0.2, 0.25) is 0 Å². The summed E-state index contributed by atoms with van der Waals surface area (Å²) in [5.41, 5.74) is 16.2. The Morgan fingerprint density at radius 1 is 0.343 bits per heavy atom. The third kappa shape index (κ3) is 7.25. The molecule has 0 unspecified atom stereocenters. The summed E-state index contributed by atoms with van der Waals surface area (Å²) in [6, 6.07) is 75.4. The van der Waals surface area contributed by atoms with Crippen LogP contribution in [0.1, 0.15) is 5.56 Å². The molecule has 67 heavy (non-hydrogen) atoms. The van der Waals surface area contributed by atoms with Crippen LogP contribution in [0.25, 0.3) is 117 Å². The average Bonchev–Trinajstić information content (AvgIpc) is 4.11. The Kier molecular flexibility index (Phi) is 9.92. The van der Waals surface area contributed by atoms with Gasteiger partial charge in [0.05, 0.1) is 22.1 Å². The highest BCUT2D eigenvalue weighted by Gasteiger charge is 2.20. The maximum atomic E-state index is 6.61. The van der Waals surface area contributed by atoms with Gasteiger partial charge < -0.3 is 13.6 Å². The topological polar surface area (TPSA) is 48.8 Å². The Labute approximate surface area is 388 Å². The lowest BCUT2D eigenvalue weighted by Crippen LogP contribution is -1.96. The second-order valence-electron chi connectivity index (χ2n) is 16.7. The van der Waals surface area contributed by atoms with E-state index in [1.165, 1.54) is 16.5 Å². The van der Waals surface area contributed by atoms with Crippen LogP contribution in [0, 0.1) is 0 Å². The molecule has 0 atom stereocenters. The van der Waals surface area contributed by atoms with Crippen molar-refractivity contribution in [2.24, 2.45) is 0 Å². The molecule has 12 rings (SSSR count). The minimum absolute atomic E-state index is 0.457. The fourth-order valence-electron chi connectivity index (χ4n) is 9.52. The standard InChI is InChI=1S/C62H42N4O/c1-2-3-4-8-19-42-34-48(43-20-9-5-10-21-43)37-51(35-42)66-57-28-17-15-26-53(57)55-32-30-47(41-60(55)66)62-64-63-61(67-62)46-31-33-59-56(40-46)54-27-16-18-29-58(54)65(59)52-38-49(44-22-11-6-12-23-44)36-50(39-52)45-24-13-7-14-25-45/h2-41H,1H2/b4-3-,19-8+. The number of nitrogens with zero attached hydrogens (tertiary/aromatic N) is 4. The molecule has 0 N–H and O–H groups in total. The third-order valence-electron chi connectivity index (χ3n) is 12.6. The number of hydrogen-bond acceptors (Lipinski definition) is 3. The molecule has 12 aromatic rings. The van der Waals surface area contributed by atoms with Crippen molar-refractivity contribution in [2.75, 3.05) is 0 Å². The van der Waals surface area contributed by atoms with Crippen molar-refractivity contribution in [3.05, 3.63) is 249 Å². The second-order valence-corrected chi connectivity index (χ2v) is 16.7. The molecule has 0 aliphatic rings. The maximum Gasteiger partial charge on any atom is 0.248 e. The third-order valence-corrected chi connectivity index (χ3v) is 12.6. The zero-order valence-electron chi connectivity index (χ0n) is 36.5. The molecule has 9 aromatic carbocycles. The van der Waals surface area contributed by atoms with E-state index in [0.717, 1.165) is 88.5 Å². The molecule has 0 amide bonds. The Hall–Kier alpha value is -9.06. The van der Waals surface area contributed by atoms with Gasteiger partial charge in [0.15, 0.2) is 0 Å². The summed E-state index contributed by atoms with van der Waals surface area (Å²) in [5, 5.41) is 13.9. The van der Waals surface area contributed by atoms with Gasteiger partial charge in [-0.05, 0) is 118 Å². The van der Waals surface area contributed by atoms with Gasteiger partial charge in [-0.25, -0.2) is 0 Å². The predicted molar refractivity (Wildman–Crippen MR) is 279 cm³/mol. The predicted octanol–water partition coefficient (Wildman–Crippen LogP) is 16.4. The fourth-order valence-corrected chi connectivity index (χ4v) is 9.52. The molecule has 0 spiro atoms. The highest BCUT2D eigenvalue weighted by atomic mass is 16.4. The van der Waals surface area contributed by atoms with Crippen molar-refractivity contribution in [3.8, 4) is 67.7 Å². The summed E-state index contributed by atoms with van der Waals surface area (Å²) in [4.78, 5) is 0. The van der Waals surface area contributed by atoms with E-state index in [9.17, 15) is 0 Å². The number of allylic oxidation sites excluding steroid dienone is 4. The summed E-state index contributed by atoms with van der Waals surface area (Å²) in [7, 11) is 0. The normalized spacial score (nSPS) is 11.8. The van der Waals surface area contributed by atoms with Gasteiger partial charge in [-0.3, -0.25) is 0 Å². The van der Waals surface area contributed by atoms with Crippen molar-refractivity contribution in [1.82, 2.24) is 19.3 Å². The first-order chi connectivity index (χ1) is 33.2. The van der Waals surface area contributed by atoms with E-state index in [1.54, 1.807) is 6.08 Å². The first-order valence-corrected chi connectivity index (χ1v) is 22.5. The lowest BCUT2D eigenvalue weighted by Gasteiger charge is -2.14. The molecule has 0 saturated carbocycles. The van der Waals surface area contributed by atoms with Gasteiger partial charge in [-0.15, -0.1) is 10.2 Å². The van der Waals surface area contributed by atoms with Crippen LogP contribution >= 0.6 is 0 Å². The second kappa shape index (κ2) is 16.8. The summed E-state index contributed by atoms with van der Waals surface area (Å²) in [6.45, 7) is 3.82. The molecule has 5 heteroatoms. The lowest BCUT2D eigenvalue weighted by molar-refractivity contribution is 0.585. The highest BCUT2D eigenvalue weighted by molar-refractivity contribution is 6.11. The molecule has 0 radical (unpaired) electrons. The molecule has 0 fully saturated rings. The highest BCUT2D eigenvalue weighted by Crippen LogP contribution is 2.40. The van der Waals surface area contributed by atoms with E-state index >= 15 is 0 Å². The molecule has 0 saturated heterocycles. The first-order valence-electron chi connectivity index (χ1n) is 22.5. The van der Waals surface area contributed by atoms with Crippen LogP contribution in [0.15, 0.2) is 248 Å². The van der Waals surface area contributed by atoms with E-state index in [0.29, 0.717) is 11.8 Å². The molecule has 0 bridgehead atoms. The van der Waals surface area contributed by atoms with Gasteiger partial charge in [-0.1, -0.05) is 170 Å². The Morgan fingerprint density at radius 2 is 0.821 bits per heavy atom. The minimum Gasteiger partial charge on any atom is -0.416 e. The Bertz CT molecular complexity index is 3810. The maximum absolute atomic E-state index is 6.61. The van der Waals surface area contributed by atoms with E-state index in [-0.39, 0.29) is 0 Å². The number of para-hydroxylation sites is 2. The van der Waals surface area contributed by atoms with E-state index in [2.05, 4.69) is 250 Å². The van der Waals surface area contributed by atoms with Crippen LogP contribution in [-0.2, 0) is 0 Å². The summed E-state index contributed by atoms with van der Waals surface area (Å²) in [5.74, 6) is 0.919. The van der Waals surface area contributed by atoms with Crippen molar-refractivity contribution >= 4 is 49.7 Å². The molecular weight excluding hydrogens is 817 g/mol. The van der Waals surface area contributed by atoms with Gasteiger partial charge >= 0.3 is 0 Å². The molecule has 3 heterocycles. The molecule has 3 aromatic heterocycles. The Morgan fingerprint density at radius 3 is 1.43 bits per heavy atom. The van der Waals surface area contributed by atoms with Gasteiger partial charge in [0.1, 0.15) is 0 Å². The van der Waals surface area contributed by atoms with Crippen LogP contribution in [-0.4, -0.2) is 19.3 Å². The van der Waals surface area contributed by atoms with Crippen molar-refractivity contribution in [3.63, 3.8) is 0 Å². The molecule has 0 aliphatic carbocycles. The number of fused-ring (bicyclic) bond motifs is 6. The molecule has 5 nitrogen and oxygen atoms in total. The molecular formula is C62H42N4O. The zero-order chi connectivity index (χ0) is 44.7. The van der Waals surface area contributed by atoms with Crippen molar-refractivity contribution < 1.29 is 4.42 Å². The molecule has 0 aliphatic heterocycles. The fraction of sp³-hybridized carbons (Fsp3) is 0. The molecule has 316 valence electrons. The van der Waals surface area contributed by atoms with Gasteiger partial charge in [0, 0.05) is 44.0 Å². The van der Waals surface area contributed by atoms with Gasteiger partial charge in [-0.2, -0.15) is 0 Å². The average molecular weight is 859 g/mol. The van der Waals surface area contributed by atoms with E-state index < -0.39 is 0 Å². The minimum atomic E-state index is 0.457. The van der Waals surface area contributed by atoms with Crippen LogP contribution < -0.4 is 0 Å². The van der Waals surface area contributed by atoms with E-state index in [1.807, 2.05) is 12.2 Å². The number of benzene rings is 9. The van der Waals surface area contributed by atoms with Crippen LogP contribution in [0.3, 0.4) is 0 Å². The lowest BCUT2D eigenvalue weighted by atomic mass is 9.98. The van der Waals surface area contributed by atoms with E-state index in [4.69, 9.17) is 4.42 Å². The van der Waals surface area contributed by atoms with Gasteiger partial charge in [0.25, 0.3) is 0 Å². The zero-order valence-corrected chi connectivity index (χ0v) is 36.5. The smallest absolute Gasteiger partial charge is 0.248 e. The summed E-state index contributed by atoms with van der Waals surface area (Å²) >= 11 is 0.